The lowest BCUT2D eigenvalue weighted by Gasteiger charge is -2.31. The molecule has 50 heavy (non-hydrogen) atoms. The molecule has 0 saturated heterocycles. The number of aryl methyl sites for hydroxylation is 2. The van der Waals surface area contributed by atoms with Crippen LogP contribution < -0.4 is 0 Å². The molecule has 2 aromatic rings. The number of nitrogens with zero attached hydrogens (tertiary/aromatic N) is 4. The number of Topliss-reactive ketones (excluding diaryl/α,β-unsaturated/α-hetero) is 2. The molecule has 0 atom stereocenters. The van der Waals surface area contributed by atoms with E-state index >= 15 is 0 Å². The van der Waals surface area contributed by atoms with Crippen molar-refractivity contribution in [3.8, 4) is 11.1 Å². The molecule has 0 N–H and O–H groups in total. The molecule has 6 nitrogen and oxygen atoms in total. The van der Waals surface area contributed by atoms with Crippen LogP contribution in [0.3, 0.4) is 0 Å². The van der Waals surface area contributed by atoms with E-state index < -0.39 is 0 Å². The fourth-order valence-corrected chi connectivity index (χ4v) is 6.03. The van der Waals surface area contributed by atoms with E-state index in [0.29, 0.717) is 0 Å². The molecular formula is C44H54N4O2. The van der Waals surface area contributed by atoms with Crippen molar-refractivity contribution in [1.29, 1.82) is 0 Å². The molecule has 0 aliphatic heterocycles. The molecule has 0 saturated carbocycles. The van der Waals surface area contributed by atoms with Gasteiger partial charge in [0, 0.05) is 22.3 Å². The quantitative estimate of drug-likeness (QED) is 0.297. The van der Waals surface area contributed by atoms with Crippen LogP contribution in [0.1, 0.15) is 94.2 Å². The molecule has 2 aromatic carbocycles. The summed E-state index contributed by atoms with van der Waals surface area (Å²) >= 11 is 0. The van der Waals surface area contributed by atoms with Crippen LogP contribution in [0.15, 0.2) is 127 Å². The molecule has 0 spiro atoms. The molecular weight excluding hydrogens is 617 g/mol. The summed E-state index contributed by atoms with van der Waals surface area (Å²) in [6.45, 7) is 28.9. The third kappa shape index (κ3) is 8.95. The molecule has 4 rings (SSSR count). The van der Waals surface area contributed by atoms with Gasteiger partial charge in [-0.2, -0.15) is 20.5 Å². The molecule has 0 bridgehead atoms. The highest BCUT2D eigenvalue weighted by Gasteiger charge is 2.35. The van der Waals surface area contributed by atoms with Crippen molar-refractivity contribution in [2.24, 2.45) is 42.1 Å². The minimum Gasteiger partial charge on any atom is -0.289 e. The number of azo groups is 2. The van der Waals surface area contributed by atoms with E-state index in [9.17, 15) is 9.59 Å². The van der Waals surface area contributed by atoms with E-state index in [1.807, 2.05) is 48.6 Å². The predicted octanol–water partition coefficient (Wildman–Crippen LogP) is 13.0. The van der Waals surface area contributed by atoms with E-state index in [4.69, 9.17) is 0 Å². The minimum atomic E-state index is -0.276. The summed E-state index contributed by atoms with van der Waals surface area (Å²) in [7, 11) is 0. The lowest BCUT2D eigenvalue weighted by Crippen LogP contribution is -2.27. The van der Waals surface area contributed by atoms with Crippen molar-refractivity contribution in [2.45, 2.75) is 96.9 Å². The summed E-state index contributed by atoms with van der Waals surface area (Å²) < 4.78 is 0. The molecule has 2 aliphatic carbocycles. The third-order valence-electron chi connectivity index (χ3n) is 8.92. The van der Waals surface area contributed by atoms with Crippen LogP contribution in [0.5, 0.6) is 0 Å². The van der Waals surface area contributed by atoms with Gasteiger partial charge < -0.3 is 0 Å². The maximum absolute atomic E-state index is 13.2. The Morgan fingerprint density at radius 2 is 0.740 bits per heavy atom. The van der Waals surface area contributed by atoms with Gasteiger partial charge in [0.15, 0.2) is 11.6 Å². The number of hydrogen-bond donors (Lipinski definition) is 0. The summed E-state index contributed by atoms with van der Waals surface area (Å²) in [5.74, 6) is 0.206. The fourth-order valence-electron chi connectivity index (χ4n) is 6.03. The standard InChI is InChI=1S/C44H54N4O2/c1-27-19-31(47-45-25-29-21-35(41(3,4)5)39(49)36(22-29)42(6,7)8)15-17-33(27)34-18-16-32(20-28(34)2)48-46-26-30-23-37(43(9,10)11)40(50)38(24-30)44(12,13)14/h15-26H,1-14H3. The Morgan fingerprint density at radius 3 is 0.980 bits per heavy atom. The van der Waals surface area contributed by atoms with Crippen molar-refractivity contribution in [1.82, 2.24) is 0 Å². The van der Waals surface area contributed by atoms with Gasteiger partial charge in [0.05, 0.1) is 23.8 Å². The second kappa shape index (κ2) is 14.0. The molecule has 0 unspecified atom stereocenters. The van der Waals surface area contributed by atoms with Crippen molar-refractivity contribution in [2.75, 3.05) is 0 Å². The zero-order chi connectivity index (χ0) is 37.4. The zero-order valence-corrected chi connectivity index (χ0v) is 32.5. The first-order valence-electron chi connectivity index (χ1n) is 17.4. The van der Waals surface area contributed by atoms with E-state index in [1.54, 1.807) is 12.4 Å². The molecule has 0 amide bonds. The van der Waals surface area contributed by atoms with Crippen molar-refractivity contribution >= 4 is 22.9 Å². The van der Waals surface area contributed by atoms with Crippen LogP contribution in [0.4, 0.5) is 11.4 Å². The van der Waals surface area contributed by atoms with Gasteiger partial charge in [-0.15, -0.1) is 0 Å². The van der Waals surface area contributed by atoms with Crippen LogP contribution in [0.2, 0.25) is 0 Å². The topological polar surface area (TPSA) is 83.6 Å². The highest BCUT2D eigenvalue weighted by molar-refractivity contribution is 6.12. The Kier molecular flexibility index (Phi) is 10.7. The first-order valence-corrected chi connectivity index (χ1v) is 17.4. The number of benzene rings is 2. The Labute approximate surface area is 299 Å². The number of allylic oxidation sites excluding steroid dienone is 10. The van der Waals surface area contributed by atoms with Gasteiger partial charge in [-0.3, -0.25) is 9.59 Å². The first kappa shape index (κ1) is 38.2. The highest BCUT2D eigenvalue weighted by atomic mass is 16.1. The SMILES string of the molecule is Cc1cc(N=NC=C2C=C(C(C)(C)C)C(=O)C(C(C)(C)C)=C2)ccc1-c1ccc(N=NC=C2C=C(C(C)(C)C)C(=O)C(C(C)(C)C)=C2)cc1C. The first-order chi connectivity index (χ1) is 23.0. The summed E-state index contributed by atoms with van der Waals surface area (Å²) in [6.07, 6.45) is 11.2. The van der Waals surface area contributed by atoms with Gasteiger partial charge in [-0.25, -0.2) is 0 Å². The fraction of sp³-hybridized carbons (Fsp3) is 0.409. The van der Waals surface area contributed by atoms with Crippen LogP contribution in [-0.4, -0.2) is 11.6 Å². The molecule has 0 aromatic heterocycles. The van der Waals surface area contributed by atoms with Gasteiger partial charge in [0.1, 0.15) is 0 Å². The number of carbonyl (C=O) groups is 2. The molecule has 0 heterocycles. The summed E-state index contributed by atoms with van der Waals surface area (Å²) in [4.78, 5) is 26.5. The largest absolute Gasteiger partial charge is 0.289 e. The van der Waals surface area contributed by atoms with Crippen LogP contribution >= 0.6 is 0 Å². The second-order valence-corrected chi connectivity index (χ2v) is 17.6. The number of carbonyl (C=O) groups excluding carboxylic acids is 2. The number of rotatable bonds is 5. The Balaban J connectivity index is 1.55. The van der Waals surface area contributed by atoms with E-state index in [2.05, 4.69) is 130 Å². The summed E-state index contributed by atoms with van der Waals surface area (Å²) in [5.41, 5.74) is 9.66. The Morgan fingerprint density at radius 1 is 0.460 bits per heavy atom. The molecule has 6 heteroatoms. The summed E-state index contributed by atoms with van der Waals surface area (Å²) in [5, 5.41) is 17.8. The van der Waals surface area contributed by atoms with Crippen LogP contribution in [-0.2, 0) is 9.59 Å². The van der Waals surface area contributed by atoms with E-state index in [0.717, 1.165) is 67.1 Å². The average molecular weight is 671 g/mol. The van der Waals surface area contributed by atoms with Gasteiger partial charge >= 0.3 is 0 Å². The van der Waals surface area contributed by atoms with Crippen LogP contribution in [0.25, 0.3) is 11.1 Å². The zero-order valence-electron chi connectivity index (χ0n) is 32.5. The minimum absolute atomic E-state index is 0.103. The third-order valence-corrected chi connectivity index (χ3v) is 8.92. The number of hydrogen-bond acceptors (Lipinski definition) is 6. The smallest absolute Gasteiger partial charge is 0.186 e. The van der Waals surface area contributed by atoms with Gasteiger partial charge in [-0.1, -0.05) is 95.2 Å². The number of ketones is 2. The van der Waals surface area contributed by atoms with E-state index in [-0.39, 0.29) is 33.2 Å². The van der Waals surface area contributed by atoms with Gasteiger partial charge in [0.2, 0.25) is 0 Å². The van der Waals surface area contributed by atoms with Gasteiger partial charge in [0.25, 0.3) is 0 Å². The second-order valence-electron chi connectivity index (χ2n) is 17.6. The maximum atomic E-state index is 13.2. The lowest BCUT2D eigenvalue weighted by atomic mass is 9.72. The van der Waals surface area contributed by atoms with E-state index in [1.165, 1.54) is 0 Å². The molecule has 262 valence electrons. The van der Waals surface area contributed by atoms with Crippen molar-refractivity contribution in [3.05, 3.63) is 118 Å². The van der Waals surface area contributed by atoms with Crippen molar-refractivity contribution < 1.29 is 9.59 Å². The highest BCUT2D eigenvalue weighted by Crippen LogP contribution is 2.40. The predicted molar refractivity (Wildman–Crippen MR) is 207 cm³/mol. The van der Waals surface area contributed by atoms with Crippen LogP contribution in [0, 0.1) is 35.5 Å². The summed E-state index contributed by atoms with van der Waals surface area (Å²) in [6, 6.07) is 12.1. The molecule has 2 aliphatic rings. The normalized spacial score (nSPS) is 16.5. The lowest BCUT2D eigenvalue weighted by molar-refractivity contribution is -0.114. The van der Waals surface area contributed by atoms with Gasteiger partial charge in [-0.05, 0) is 117 Å². The Bertz CT molecular complexity index is 1750. The monoisotopic (exact) mass is 670 g/mol. The van der Waals surface area contributed by atoms with Crippen molar-refractivity contribution in [3.63, 3.8) is 0 Å². The molecule has 0 fully saturated rings. The molecule has 0 radical (unpaired) electrons. The average Bonchev–Trinajstić information content (AvgIpc) is 2.97. The maximum Gasteiger partial charge on any atom is 0.186 e. The Hall–Kier alpha value is -4.58.